The van der Waals surface area contributed by atoms with Crippen molar-refractivity contribution in [3.8, 4) is 0 Å². The number of hydrogen-bond acceptors (Lipinski definition) is 2. The van der Waals surface area contributed by atoms with Gasteiger partial charge in [-0.1, -0.05) is 32.0 Å². The molecule has 0 unspecified atom stereocenters. The minimum Gasteiger partial charge on any atom is -0.344 e. The van der Waals surface area contributed by atoms with Crippen LogP contribution in [-0.4, -0.2) is 24.4 Å². The molecule has 0 radical (unpaired) electrons. The Morgan fingerprint density at radius 1 is 1.37 bits per heavy atom. The second-order valence-corrected chi connectivity index (χ2v) is 5.33. The molecular weight excluding hydrogens is 240 g/mol. The number of amides is 2. The van der Waals surface area contributed by atoms with E-state index in [1.54, 1.807) is 4.90 Å². The molecule has 1 N–H and O–H groups in total. The highest BCUT2D eigenvalue weighted by molar-refractivity contribution is 6.01. The van der Waals surface area contributed by atoms with Gasteiger partial charge in [0, 0.05) is 18.7 Å². The molecule has 1 aromatic carbocycles. The number of nitrogens with one attached hydrogen (secondary N) is 1. The van der Waals surface area contributed by atoms with Crippen LogP contribution in [0.5, 0.6) is 0 Å². The average Bonchev–Trinajstić information content (AvgIpc) is 2.71. The number of carbonyl (C=O) groups excluding carboxylic acids is 2. The molecule has 4 heteroatoms. The average molecular weight is 260 g/mol. The van der Waals surface area contributed by atoms with Gasteiger partial charge in [0.1, 0.15) is 6.04 Å². The van der Waals surface area contributed by atoms with Crippen LogP contribution in [0.4, 0.5) is 5.69 Å². The van der Waals surface area contributed by atoms with Gasteiger partial charge in [-0.05, 0) is 24.5 Å². The lowest BCUT2D eigenvalue weighted by Gasteiger charge is -2.17. The van der Waals surface area contributed by atoms with Gasteiger partial charge in [0.15, 0.2) is 0 Å². The molecule has 0 bridgehead atoms. The molecule has 1 aliphatic heterocycles. The largest absolute Gasteiger partial charge is 0.344 e. The predicted molar refractivity (Wildman–Crippen MR) is 74.8 cm³/mol. The van der Waals surface area contributed by atoms with Crippen LogP contribution in [-0.2, 0) is 9.59 Å². The number of para-hydroxylation sites is 1. The van der Waals surface area contributed by atoms with Crippen LogP contribution in [0.15, 0.2) is 30.3 Å². The van der Waals surface area contributed by atoms with Crippen molar-refractivity contribution in [1.82, 2.24) is 5.32 Å². The summed E-state index contributed by atoms with van der Waals surface area (Å²) < 4.78 is 0. The number of rotatable bonds is 4. The lowest BCUT2D eigenvalue weighted by molar-refractivity contribution is -0.126. The van der Waals surface area contributed by atoms with E-state index in [0.717, 1.165) is 5.69 Å². The van der Waals surface area contributed by atoms with Crippen molar-refractivity contribution >= 4 is 17.5 Å². The predicted octanol–water partition coefficient (Wildman–Crippen LogP) is 1.95. The lowest BCUT2D eigenvalue weighted by atomic mass is 10.1. The molecule has 2 rings (SSSR count). The molecule has 102 valence electrons. The maximum Gasteiger partial charge on any atom is 0.249 e. The molecule has 1 aliphatic rings. The molecule has 2 amide bonds. The van der Waals surface area contributed by atoms with Crippen molar-refractivity contribution < 1.29 is 9.59 Å². The summed E-state index contributed by atoms with van der Waals surface area (Å²) in [5, 5.41) is 2.83. The maximum absolute atomic E-state index is 12.2. The Labute approximate surface area is 113 Å². The van der Waals surface area contributed by atoms with Crippen molar-refractivity contribution in [2.75, 3.05) is 11.4 Å². The number of carbonyl (C=O) groups is 2. The molecule has 1 fully saturated rings. The summed E-state index contributed by atoms with van der Waals surface area (Å²) in [6, 6.07) is 9.20. The fourth-order valence-corrected chi connectivity index (χ4v) is 2.30. The third-order valence-corrected chi connectivity index (χ3v) is 3.20. The monoisotopic (exact) mass is 260 g/mol. The Kier molecular flexibility index (Phi) is 4.20. The Morgan fingerprint density at radius 2 is 2.05 bits per heavy atom. The van der Waals surface area contributed by atoms with Gasteiger partial charge in [-0.3, -0.25) is 9.59 Å². The molecule has 19 heavy (non-hydrogen) atoms. The SMILES string of the molecule is CC(C)CC(=O)N[C@@H]1CCN(c2ccccc2)C1=O. The van der Waals surface area contributed by atoms with Crippen molar-refractivity contribution in [2.45, 2.75) is 32.7 Å². The zero-order valence-electron chi connectivity index (χ0n) is 11.4. The first-order valence-electron chi connectivity index (χ1n) is 6.73. The summed E-state index contributed by atoms with van der Waals surface area (Å²) in [5.74, 6) is 0.258. The molecule has 0 spiro atoms. The normalized spacial score (nSPS) is 19.0. The number of hydrogen-bond donors (Lipinski definition) is 1. The first-order valence-corrected chi connectivity index (χ1v) is 6.73. The summed E-state index contributed by atoms with van der Waals surface area (Å²) in [6.45, 7) is 4.65. The standard InChI is InChI=1S/C15H20N2O2/c1-11(2)10-14(18)16-13-8-9-17(15(13)19)12-6-4-3-5-7-12/h3-7,11,13H,8-10H2,1-2H3,(H,16,18)/t13-/m1/s1. The highest BCUT2D eigenvalue weighted by Crippen LogP contribution is 2.21. The van der Waals surface area contributed by atoms with E-state index in [9.17, 15) is 9.59 Å². The number of nitrogens with zero attached hydrogens (tertiary/aromatic N) is 1. The highest BCUT2D eigenvalue weighted by Gasteiger charge is 2.33. The Balaban J connectivity index is 1.97. The van der Waals surface area contributed by atoms with E-state index < -0.39 is 0 Å². The number of anilines is 1. The van der Waals surface area contributed by atoms with Crippen molar-refractivity contribution in [1.29, 1.82) is 0 Å². The molecule has 1 atom stereocenters. The van der Waals surface area contributed by atoms with Crippen LogP contribution < -0.4 is 10.2 Å². The van der Waals surface area contributed by atoms with Crippen LogP contribution in [0.3, 0.4) is 0 Å². The zero-order chi connectivity index (χ0) is 13.8. The van der Waals surface area contributed by atoms with E-state index >= 15 is 0 Å². The van der Waals surface area contributed by atoms with Crippen molar-refractivity contribution in [3.63, 3.8) is 0 Å². The van der Waals surface area contributed by atoms with Gasteiger partial charge >= 0.3 is 0 Å². The molecule has 0 saturated carbocycles. The minimum absolute atomic E-state index is 0.0108. The molecule has 0 aliphatic carbocycles. The van der Waals surface area contributed by atoms with Gasteiger partial charge in [0.05, 0.1) is 0 Å². The third-order valence-electron chi connectivity index (χ3n) is 3.20. The minimum atomic E-state index is -0.369. The summed E-state index contributed by atoms with van der Waals surface area (Å²) >= 11 is 0. The summed E-state index contributed by atoms with van der Waals surface area (Å²) in [5.41, 5.74) is 0.896. The molecule has 1 heterocycles. The van der Waals surface area contributed by atoms with Gasteiger partial charge in [0.25, 0.3) is 0 Å². The van der Waals surface area contributed by atoms with Crippen LogP contribution in [0, 0.1) is 5.92 Å². The highest BCUT2D eigenvalue weighted by atomic mass is 16.2. The molecule has 1 aromatic rings. The first kappa shape index (κ1) is 13.6. The second-order valence-electron chi connectivity index (χ2n) is 5.33. The zero-order valence-corrected chi connectivity index (χ0v) is 11.4. The van der Waals surface area contributed by atoms with Crippen LogP contribution in [0.25, 0.3) is 0 Å². The molecule has 0 aromatic heterocycles. The summed E-state index contributed by atoms with van der Waals surface area (Å²) in [7, 11) is 0. The second kappa shape index (κ2) is 5.87. The van der Waals surface area contributed by atoms with Crippen LogP contribution in [0.2, 0.25) is 0 Å². The van der Waals surface area contributed by atoms with Gasteiger partial charge in [-0.15, -0.1) is 0 Å². The molecule has 1 saturated heterocycles. The fourth-order valence-electron chi connectivity index (χ4n) is 2.30. The van der Waals surface area contributed by atoms with Gasteiger partial charge in [-0.25, -0.2) is 0 Å². The van der Waals surface area contributed by atoms with E-state index in [0.29, 0.717) is 25.3 Å². The lowest BCUT2D eigenvalue weighted by Crippen LogP contribution is -2.41. The maximum atomic E-state index is 12.2. The Hall–Kier alpha value is -1.84. The van der Waals surface area contributed by atoms with E-state index in [1.165, 1.54) is 0 Å². The van der Waals surface area contributed by atoms with Crippen LogP contribution >= 0.6 is 0 Å². The van der Waals surface area contributed by atoms with Crippen LogP contribution in [0.1, 0.15) is 26.7 Å². The third kappa shape index (κ3) is 3.34. The number of benzene rings is 1. The van der Waals surface area contributed by atoms with E-state index in [-0.39, 0.29) is 17.9 Å². The Morgan fingerprint density at radius 3 is 2.68 bits per heavy atom. The first-order chi connectivity index (χ1) is 9.08. The van der Waals surface area contributed by atoms with Gasteiger partial charge in [-0.2, -0.15) is 0 Å². The van der Waals surface area contributed by atoms with Crippen molar-refractivity contribution in [3.05, 3.63) is 30.3 Å². The van der Waals surface area contributed by atoms with Gasteiger partial charge < -0.3 is 10.2 Å². The quantitative estimate of drug-likeness (QED) is 0.899. The fraction of sp³-hybridized carbons (Fsp3) is 0.467. The van der Waals surface area contributed by atoms with E-state index in [1.807, 2.05) is 44.2 Å². The summed E-state index contributed by atoms with van der Waals surface area (Å²) in [4.78, 5) is 25.7. The molecule has 4 nitrogen and oxygen atoms in total. The molecular formula is C15H20N2O2. The van der Waals surface area contributed by atoms with E-state index in [4.69, 9.17) is 0 Å². The topological polar surface area (TPSA) is 49.4 Å². The van der Waals surface area contributed by atoms with Crippen molar-refractivity contribution in [2.24, 2.45) is 5.92 Å². The van der Waals surface area contributed by atoms with Gasteiger partial charge in [0.2, 0.25) is 11.8 Å². The Bertz CT molecular complexity index is 456. The van der Waals surface area contributed by atoms with E-state index in [2.05, 4.69) is 5.32 Å². The summed E-state index contributed by atoms with van der Waals surface area (Å²) in [6.07, 6.45) is 1.15. The smallest absolute Gasteiger partial charge is 0.249 e.